The lowest BCUT2D eigenvalue weighted by molar-refractivity contribution is 1.28. The van der Waals surface area contributed by atoms with E-state index in [1.165, 1.54) is 10.9 Å². The van der Waals surface area contributed by atoms with Gasteiger partial charge in [-0.15, -0.1) is 0 Å². The van der Waals surface area contributed by atoms with Gasteiger partial charge in [-0.2, -0.15) is 0 Å². The van der Waals surface area contributed by atoms with Gasteiger partial charge in [0.1, 0.15) is 0 Å². The number of benzene rings is 2. The molecular weight excluding hydrogens is 292 g/mol. The van der Waals surface area contributed by atoms with Crippen LogP contribution in [0.4, 0.5) is 0 Å². The van der Waals surface area contributed by atoms with E-state index in [1.807, 2.05) is 30.3 Å². The molecule has 2 aromatic heterocycles. The van der Waals surface area contributed by atoms with Crippen molar-refractivity contribution >= 4 is 33.4 Å². The highest BCUT2D eigenvalue weighted by Gasteiger charge is 2.14. The molecule has 4 aromatic rings. The molecule has 4 rings (SSSR count). The predicted molar refractivity (Wildman–Crippen MR) is 93.5 cm³/mol. The first-order chi connectivity index (χ1) is 10.6. The largest absolute Gasteiger partial charge is 0.358 e. The summed E-state index contributed by atoms with van der Waals surface area (Å²) in [7, 11) is 0. The average molecular weight is 307 g/mol. The lowest BCUT2D eigenvalue weighted by Gasteiger charge is -2.06. The van der Waals surface area contributed by atoms with Crippen molar-refractivity contribution < 1.29 is 0 Å². The van der Waals surface area contributed by atoms with Gasteiger partial charge in [-0.3, -0.25) is 0 Å². The zero-order valence-corrected chi connectivity index (χ0v) is 13.2. The van der Waals surface area contributed by atoms with Crippen LogP contribution in [-0.4, -0.2) is 9.97 Å². The van der Waals surface area contributed by atoms with Crippen LogP contribution in [0, 0.1) is 13.8 Å². The van der Waals surface area contributed by atoms with Gasteiger partial charge in [0.05, 0.1) is 16.2 Å². The Bertz CT molecular complexity index is 1010. The molecule has 0 aliphatic carbocycles. The van der Waals surface area contributed by atoms with E-state index in [0.717, 1.165) is 38.4 Å². The van der Waals surface area contributed by atoms with Crippen LogP contribution in [0.3, 0.4) is 0 Å². The Hall–Kier alpha value is -2.32. The van der Waals surface area contributed by atoms with Crippen molar-refractivity contribution in [3.05, 3.63) is 64.8 Å². The van der Waals surface area contributed by atoms with Crippen molar-refractivity contribution in [2.24, 2.45) is 0 Å². The monoisotopic (exact) mass is 306 g/mol. The van der Waals surface area contributed by atoms with Gasteiger partial charge >= 0.3 is 0 Å². The molecule has 0 atom stereocenters. The number of halogens is 1. The number of aryl methyl sites for hydroxylation is 2. The third-order valence-corrected chi connectivity index (χ3v) is 4.38. The summed E-state index contributed by atoms with van der Waals surface area (Å²) in [5.41, 5.74) is 6.44. The van der Waals surface area contributed by atoms with Crippen LogP contribution in [0.25, 0.3) is 33.1 Å². The van der Waals surface area contributed by atoms with E-state index in [9.17, 15) is 0 Å². The third kappa shape index (κ3) is 1.99. The molecule has 108 valence electrons. The first-order valence-electron chi connectivity index (χ1n) is 7.28. The number of nitrogens with one attached hydrogen (secondary N) is 1. The summed E-state index contributed by atoms with van der Waals surface area (Å²) in [5.74, 6) is 0. The number of para-hydroxylation sites is 1. The molecule has 0 radical (unpaired) electrons. The fraction of sp³-hybridized carbons (Fsp3) is 0.105. The standard InChI is InChI=1S/C19H15ClN2/c1-11-7-8-17-14(9-11)19(12(2)21-17)18-10-15(20)13-5-3-4-6-16(13)22-18/h3-10,21H,1-2H3. The summed E-state index contributed by atoms with van der Waals surface area (Å²) in [6.07, 6.45) is 0. The van der Waals surface area contributed by atoms with E-state index in [-0.39, 0.29) is 0 Å². The summed E-state index contributed by atoms with van der Waals surface area (Å²) in [5, 5.41) is 2.92. The van der Waals surface area contributed by atoms with Gasteiger partial charge in [0, 0.05) is 27.5 Å². The van der Waals surface area contributed by atoms with Crippen molar-refractivity contribution in [2.75, 3.05) is 0 Å². The highest BCUT2D eigenvalue weighted by Crippen LogP contribution is 2.34. The fourth-order valence-electron chi connectivity index (χ4n) is 3.03. The highest BCUT2D eigenvalue weighted by atomic mass is 35.5. The Kier molecular flexibility index (Phi) is 2.95. The molecule has 2 aromatic carbocycles. The maximum Gasteiger partial charge on any atom is 0.0748 e. The van der Waals surface area contributed by atoms with Crippen LogP contribution in [0.2, 0.25) is 5.02 Å². The van der Waals surface area contributed by atoms with E-state index in [0.29, 0.717) is 0 Å². The van der Waals surface area contributed by atoms with E-state index < -0.39 is 0 Å². The van der Waals surface area contributed by atoms with Gasteiger partial charge in [-0.1, -0.05) is 41.4 Å². The maximum absolute atomic E-state index is 6.46. The maximum atomic E-state index is 6.46. The van der Waals surface area contributed by atoms with Crippen LogP contribution < -0.4 is 0 Å². The molecule has 3 heteroatoms. The van der Waals surface area contributed by atoms with Crippen LogP contribution in [-0.2, 0) is 0 Å². The minimum atomic E-state index is 0.738. The summed E-state index contributed by atoms with van der Waals surface area (Å²) in [4.78, 5) is 8.25. The Morgan fingerprint density at radius 2 is 1.77 bits per heavy atom. The van der Waals surface area contributed by atoms with Crippen LogP contribution in [0.5, 0.6) is 0 Å². The highest BCUT2D eigenvalue weighted by molar-refractivity contribution is 6.35. The van der Waals surface area contributed by atoms with E-state index >= 15 is 0 Å². The lowest BCUT2D eigenvalue weighted by Crippen LogP contribution is -1.88. The average Bonchev–Trinajstić information content (AvgIpc) is 2.82. The number of fused-ring (bicyclic) bond motifs is 2. The molecule has 0 bridgehead atoms. The second kappa shape index (κ2) is 4.85. The number of H-pyrrole nitrogens is 1. The number of rotatable bonds is 1. The molecule has 1 N–H and O–H groups in total. The van der Waals surface area contributed by atoms with Crippen molar-refractivity contribution in [1.29, 1.82) is 0 Å². The lowest BCUT2D eigenvalue weighted by atomic mass is 10.0. The Labute approximate surface area is 133 Å². The Morgan fingerprint density at radius 3 is 2.64 bits per heavy atom. The topological polar surface area (TPSA) is 28.7 Å². The first kappa shape index (κ1) is 13.4. The summed E-state index contributed by atoms with van der Waals surface area (Å²) < 4.78 is 0. The molecule has 0 aliphatic heterocycles. The van der Waals surface area contributed by atoms with E-state index in [4.69, 9.17) is 16.6 Å². The Morgan fingerprint density at radius 1 is 0.955 bits per heavy atom. The van der Waals surface area contributed by atoms with Crippen molar-refractivity contribution in [2.45, 2.75) is 13.8 Å². The molecule has 22 heavy (non-hydrogen) atoms. The number of nitrogens with zero attached hydrogens (tertiary/aromatic N) is 1. The summed E-state index contributed by atoms with van der Waals surface area (Å²) in [6, 6.07) is 16.4. The zero-order chi connectivity index (χ0) is 15.3. The van der Waals surface area contributed by atoms with Gasteiger partial charge in [-0.25, -0.2) is 4.98 Å². The van der Waals surface area contributed by atoms with Gasteiger partial charge in [0.15, 0.2) is 0 Å². The molecule has 0 spiro atoms. The van der Waals surface area contributed by atoms with Gasteiger partial charge < -0.3 is 4.98 Å². The van der Waals surface area contributed by atoms with E-state index in [2.05, 4.69) is 37.0 Å². The van der Waals surface area contributed by atoms with Crippen molar-refractivity contribution in [3.63, 3.8) is 0 Å². The van der Waals surface area contributed by atoms with Gasteiger partial charge in [-0.05, 0) is 38.1 Å². The SMILES string of the molecule is Cc1ccc2[nH]c(C)c(-c3cc(Cl)c4ccccc4n3)c2c1. The predicted octanol–water partition coefficient (Wildman–Crippen LogP) is 5.65. The molecule has 0 amide bonds. The van der Waals surface area contributed by atoms with Crippen molar-refractivity contribution in [1.82, 2.24) is 9.97 Å². The van der Waals surface area contributed by atoms with Gasteiger partial charge in [0.2, 0.25) is 0 Å². The quantitative estimate of drug-likeness (QED) is 0.483. The van der Waals surface area contributed by atoms with E-state index in [1.54, 1.807) is 0 Å². The molecule has 2 nitrogen and oxygen atoms in total. The van der Waals surface area contributed by atoms with Crippen LogP contribution >= 0.6 is 11.6 Å². The normalized spacial score (nSPS) is 11.4. The number of hydrogen-bond acceptors (Lipinski definition) is 1. The first-order valence-corrected chi connectivity index (χ1v) is 7.66. The second-order valence-corrected chi connectivity index (χ2v) is 6.09. The summed E-state index contributed by atoms with van der Waals surface area (Å²) >= 11 is 6.46. The smallest absolute Gasteiger partial charge is 0.0748 e. The minimum absolute atomic E-state index is 0.738. The second-order valence-electron chi connectivity index (χ2n) is 5.68. The number of aromatic nitrogens is 2. The number of hydrogen-bond donors (Lipinski definition) is 1. The third-order valence-electron chi connectivity index (χ3n) is 4.06. The molecular formula is C19H15ClN2. The van der Waals surface area contributed by atoms with Gasteiger partial charge in [0.25, 0.3) is 0 Å². The molecule has 0 saturated heterocycles. The summed E-state index contributed by atoms with van der Waals surface area (Å²) in [6.45, 7) is 4.18. The molecule has 0 aliphatic rings. The van der Waals surface area contributed by atoms with Crippen molar-refractivity contribution in [3.8, 4) is 11.3 Å². The van der Waals surface area contributed by atoms with Crippen LogP contribution in [0.15, 0.2) is 48.5 Å². The molecule has 2 heterocycles. The van der Waals surface area contributed by atoms with Crippen LogP contribution in [0.1, 0.15) is 11.3 Å². The number of pyridine rings is 1. The Balaban J connectivity index is 2.07. The zero-order valence-electron chi connectivity index (χ0n) is 12.4. The number of aromatic amines is 1. The fourth-order valence-corrected chi connectivity index (χ4v) is 3.29. The molecule has 0 fully saturated rings. The molecule has 0 saturated carbocycles. The molecule has 0 unspecified atom stereocenters. The minimum Gasteiger partial charge on any atom is -0.358 e.